The van der Waals surface area contributed by atoms with E-state index in [0.717, 1.165) is 11.3 Å². The van der Waals surface area contributed by atoms with Gasteiger partial charge in [0, 0.05) is 0 Å². The van der Waals surface area contributed by atoms with E-state index in [2.05, 4.69) is 16.2 Å². The minimum Gasteiger partial charge on any atom is -0.465 e. The SMILES string of the molecule is COC(=O)c1sc(NC(=S)NNC(=O)c2ccco2)c(C(=O)OC)c1C. The van der Waals surface area contributed by atoms with E-state index in [0.29, 0.717) is 5.56 Å². The number of nitrogens with one attached hydrogen (secondary N) is 3. The van der Waals surface area contributed by atoms with Gasteiger partial charge in [0.25, 0.3) is 0 Å². The number of rotatable bonds is 4. The fourth-order valence-electron chi connectivity index (χ4n) is 1.95. The number of amides is 1. The standard InChI is InChI=1S/C15H15N3O6S2/c1-7-9(13(20)22-2)12(26-10(7)14(21)23-3)16-15(25)18-17-11(19)8-5-4-6-24-8/h4-6H,1-3H3,(H,17,19)(H2,16,18,25). The van der Waals surface area contributed by atoms with Gasteiger partial charge < -0.3 is 19.2 Å². The molecule has 0 atom stereocenters. The van der Waals surface area contributed by atoms with E-state index in [9.17, 15) is 14.4 Å². The van der Waals surface area contributed by atoms with E-state index in [1.54, 1.807) is 13.0 Å². The summed E-state index contributed by atoms with van der Waals surface area (Å²) in [5.74, 6) is -1.67. The van der Waals surface area contributed by atoms with Gasteiger partial charge in [0.05, 0.1) is 26.0 Å². The minimum atomic E-state index is -0.640. The zero-order chi connectivity index (χ0) is 19.3. The number of hydrogen-bond acceptors (Lipinski definition) is 8. The van der Waals surface area contributed by atoms with Crippen LogP contribution in [-0.4, -0.2) is 37.2 Å². The van der Waals surface area contributed by atoms with Gasteiger partial charge in [-0.2, -0.15) is 0 Å². The lowest BCUT2D eigenvalue weighted by Gasteiger charge is -2.10. The van der Waals surface area contributed by atoms with Crippen molar-refractivity contribution in [2.75, 3.05) is 19.5 Å². The lowest BCUT2D eigenvalue weighted by Crippen LogP contribution is -2.43. The maximum Gasteiger partial charge on any atom is 0.348 e. The molecule has 0 saturated carbocycles. The zero-order valence-electron chi connectivity index (χ0n) is 14.0. The summed E-state index contributed by atoms with van der Waals surface area (Å²) in [7, 11) is 2.46. The molecule has 0 aliphatic rings. The maximum atomic E-state index is 12.0. The minimum absolute atomic E-state index is 0.00674. The summed E-state index contributed by atoms with van der Waals surface area (Å²) in [6, 6.07) is 3.05. The summed E-state index contributed by atoms with van der Waals surface area (Å²) in [6.45, 7) is 1.59. The Bertz CT molecular complexity index is 844. The third-order valence-electron chi connectivity index (χ3n) is 3.17. The summed E-state index contributed by atoms with van der Waals surface area (Å²) < 4.78 is 14.4. The highest BCUT2D eigenvalue weighted by Gasteiger charge is 2.26. The largest absolute Gasteiger partial charge is 0.465 e. The fourth-order valence-corrected chi connectivity index (χ4v) is 3.29. The van der Waals surface area contributed by atoms with Crippen LogP contribution in [0.15, 0.2) is 22.8 Å². The van der Waals surface area contributed by atoms with Gasteiger partial charge in [0.1, 0.15) is 9.88 Å². The number of ether oxygens (including phenoxy) is 2. The van der Waals surface area contributed by atoms with E-state index in [1.807, 2.05) is 0 Å². The van der Waals surface area contributed by atoms with E-state index < -0.39 is 17.8 Å². The Hall–Kier alpha value is -2.92. The molecule has 26 heavy (non-hydrogen) atoms. The Morgan fingerprint density at radius 2 is 1.85 bits per heavy atom. The Morgan fingerprint density at radius 3 is 2.42 bits per heavy atom. The predicted octanol–water partition coefficient (Wildman–Crippen LogP) is 1.85. The fraction of sp³-hybridized carbons (Fsp3) is 0.200. The van der Waals surface area contributed by atoms with Gasteiger partial charge in [0.15, 0.2) is 10.9 Å². The molecule has 2 rings (SSSR count). The topological polar surface area (TPSA) is 119 Å². The highest BCUT2D eigenvalue weighted by atomic mass is 32.1. The number of carbonyl (C=O) groups is 3. The smallest absolute Gasteiger partial charge is 0.348 e. The van der Waals surface area contributed by atoms with Crippen molar-refractivity contribution in [1.29, 1.82) is 0 Å². The second-order valence-corrected chi connectivity index (χ2v) is 6.18. The normalized spacial score (nSPS) is 9.96. The van der Waals surface area contributed by atoms with Gasteiger partial charge in [-0.3, -0.25) is 15.6 Å². The molecule has 0 spiro atoms. The number of esters is 2. The first kappa shape index (κ1) is 19.4. The summed E-state index contributed by atoms with van der Waals surface area (Å²) in [4.78, 5) is 35.9. The number of thiocarbonyl (C=S) groups is 1. The van der Waals surface area contributed by atoms with Crippen molar-refractivity contribution in [3.8, 4) is 0 Å². The van der Waals surface area contributed by atoms with Gasteiger partial charge in [-0.1, -0.05) is 0 Å². The first-order chi connectivity index (χ1) is 12.4. The molecule has 0 fully saturated rings. The van der Waals surface area contributed by atoms with Crippen molar-refractivity contribution >= 4 is 51.5 Å². The first-order valence-corrected chi connectivity index (χ1v) is 8.32. The van der Waals surface area contributed by atoms with Crippen LogP contribution in [0.25, 0.3) is 0 Å². The lowest BCUT2D eigenvalue weighted by molar-refractivity contribution is 0.0601. The number of hydrazine groups is 1. The molecule has 0 aliphatic carbocycles. The van der Waals surface area contributed by atoms with Gasteiger partial charge >= 0.3 is 17.8 Å². The van der Waals surface area contributed by atoms with Crippen LogP contribution >= 0.6 is 23.6 Å². The van der Waals surface area contributed by atoms with Crippen molar-refractivity contribution in [2.45, 2.75) is 6.92 Å². The molecule has 0 saturated heterocycles. The monoisotopic (exact) mass is 397 g/mol. The summed E-state index contributed by atoms with van der Waals surface area (Å²) in [5, 5.41) is 3.02. The Balaban J connectivity index is 2.14. The molecular formula is C15H15N3O6S2. The van der Waals surface area contributed by atoms with Gasteiger partial charge in [-0.05, 0) is 36.8 Å². The Labute approximate surface area is 157 Å². The summed E-state index contributed by atoms with van der Waals surface area (Å²) in [5.41, 5.74) is 5.36. The van der Waals surface area contributed by atoms with Crippen LogP contribution in [0.5, 0.6) is 0 Å². The average molecular weight is 397 g/mol. The van der Waals surface area contributed by atoms with Crippen LogP contribution < -0.4 is 16.2 Å². The van der Waals surface area contributed by atoms with E-state index in [4.69, 9.17) is 26.1 Å². The second kappa shape index (κ2) is 8.45. The van der Waals surface area contributed by atoms with Crippen LogP contribution in [0.1, 0.15) is 36.1 Å². The van der Waals surface area contributed by atoms with Crippen LogP contribution in [0.4, 0.5) is 5.00 Å². The van der Waals surface area contributed by atoms with Crippen molar-refractivity contribution in [3.05, 3.63) is 40.2 Å². The third kappa shape index (κ3) is 4.18. The molecular weight excluding hydrogens is 382 g/mol. The molecule has 0 unspecified atom stereocenters. The molecule has 9 nitrogen and oxygen atoms in total. The molecule has 11 heteroatoms. The number of hydrogen-bond donors (Lipinski definition) is 3. The van der Waals surface area contributed by atoms with Crippen molar-refractivity contribution < 1.29 is 28.3 Å². The predicted molar refractivity (Wildman–Crippen MR) is 97.3 cm³/mol. The third-order valence-corrected chi connectivity index (χ3v) is 4.56. The quantitative estimate of drug-likeness (QED) is 0.403. The molecule has 0 radical (unpaired) electrons. The molecule has 138 valence electrons. The molecule has 3 N–H and O–H groups in total. The van der Waals surface area contributed by atoms with Gasteiger partial charge in [-0.15, -0.1) is 11.3 Å². The molecule has 2 heterocycles. The van der Waals surface area contributed by atoms with Gasteiger partial charge in [0.2, 0.25) is 0 Å². The first-order valence-electron chi connectivity index (χ1n) is 7.09. The highest BCUT2D eigenvalue weighted by Crippen LogP contribution is 2.34. The number of thiophene rings is 1. The Morgan fingerprint density at radius 1 is 1.15 bits per heavy atom. The number of carbonyl (C=O) groups excluding carboxylic acids is 3. The van der Waals surface area contributed by atoms with Gasteiger partial charge in [-0.25, -0.2) is 9.59 Å². The molecule has 0 aliphatic heterocycles. The average Bonchev–Trinajstić information content (AvgIpc) is 3.27. The molecule has 0 aromatic carbocycles. The summed E-state index contributed by atoms with van der Waals surface area (Å²) >= 11 is 6.06. The van der Waals surface area contributed by atoms with Crippen LogP contribution in [-0.2, 0) is 9.47 Å². The van der Waals surface area contributed by atoms with E-state index in [-0.39, 0.29) is 26.3 Å². The number of furan rings is 1. The van der Waals surface area contributed by atoms with Crippen molar-refractivity contribution in [1.82, 2.24) is 10.9 Å². The van der Waals surface area contributed by atoms with E-state index >= 15 is 0 Å². The lowest BCUT2D eigenvalue weighted by atomic mass is 10.1. The molecule has 1 amide bonds. The molecule has 0 bridgehead atoms. The zero-order valence-corrected chi connectivity index (χ0v) is 15.6. The van der Waals surface area contributed by atoms with Crippen LogP contribution in [0.2, 0.25) is 0 Å². The van der Waals surface area contributed by atoms with Crippen LogP contribution in [0, 0.1) is 6.92 Å². The van der Waals surface area contributed by atoms with Crippen molar-refractivity contribution in [2.24, 2.45) is 0 Å². The second-order valence-electron chi connectivity index (χ2n) is 4.75. The summed E-state index contributed by atoms with van der Waals surface area (Å²) in [6.07, 6.45) is 1.36. The van der Waals surface area contributed by atoms with E-state index in [1.165, 1.54) is 26.5 Å². The molecule has 2 aromatic rings. The number of methoxy groups -OCH3 is 2. The molecule has 2 aromatic heterocycles. The number of anilines is 1. The van der Waals surface area contributed by atoms with Crippen molar-refractivity contribution in [3.63, 3.8) is 0 Å². The van der Waals surface area contributed by atoms with Crippen LogP contribution in [0.3, 0.4) is 0 Å². The maximum absolute atomic E-state index is 12.0. The Kier molecular flexibility index (Phi) is 6.31. The highest BCUT2D eigenvalue weighted by molar-refractivity contribution is 7.80.